The molecular weight excluding hydrogens is 377 g/mol. The van der Waals surface area contributed by atoms with Crippen molar-refractivity contribution in [3.05, 3.63) is 21.3 Å². The Morgan fingerprint density at radius 3 is 2.56 bits per heavy atom. The van der Waals surface area contributed by atoms with Gasteiger partial charge in [-0.1, -0.05) is 50.4 Å². The van der Waals surface area contributed by atoms with E-state index in [1.807, 2.05) is 12.3 Å². The third-order valence-electron chi connectivity index (χ3n) is 2.39. The minimum atomic E-state index is -0.260. The fourth-order valence-corrected chi connectivity index (χ4v) is 4.17. The van der Waals surface area contributed by atoms with Gasteiger partial charge in [0.2, 0.25) is 0 Å². The standard InChI is InChI=1S/C10H12Br2ClNOS/c1-2-10(5-11,6-12)14-9(15)8-7(13)3-4-16-8/h3-4H,2,5-6H2,1H3,(H,14,15). The minimum Gasteiger partial charge on any atom is -0.344 e. The molecule has 0 bridgehead atoms. The highest BCUT2D eigenvalue weighted by Gasteiger charge is 2.29. The van der Waals surface area contributed by atoms with E-state index in [0.29, 0.717) is 20.6 Å². The van der Waals surface area contributed by atoms with Gasteiger partial charge in [-0.3, -0.25) is 4.79 Å². The largest absolute Gasteiger partial charge is 0.344 e. The molecule has 0 aromatic carbocycles. The number of nitrogens with one attached hydrogen (secondary N) is 1. The van der Waals surface area contributed by atoms with Crippen LogP contribution in [0.25, 0.3) is 0 Å². The van der Waals surface area contributed by atoms with Crippen LogP contribution < -0.4 is 5.32 Å². The first-order chi connectivity index (χ1) is 7.58. The molecular formula is C10H12Br2ClNOS. The Bertz CT molecular complexity index is 357. The molecule has 1 heterocycles. The number of rotatable bonds is 5. The summed E-state index contributed by atoms with van der Waals surface area (Å²) in [6.45, 7) is 2.04. The highest BCUT2D eigenvalue weighted by Crippen LogP contribution is 2.24. The summed E-state index contributed by atoms with van der Waals surface area (Å²) in [7, 11) is 0. The van der Waals surface area contributed by atoms with Gasteiger partial charge < -0.3 is 5.32 Å². The Labute approximate surface area is 121 Å². The van der Waals surface area contributed by atoms with Crippen LogP contribution in [0.5, 0.6) is 0 Å². The molecule has 1 aromatic rings. The first-order valence-electron chi connectivity index (χ1n) is 4.76. The Morgan fingerprint density at radius 2 is 2.19 bits per heavy atom. The van der Waals surface area contributed by atoms with Crippen molar-refractivity contribution in [2.75, 3.05) is 10.7 Å². The number of hydrogen-bond acceptors (Lipinski definition) is 2. The minimum absolute atomic E-state index is 0.110. The molecule has 0 atom stereocenters. The predicted molar refractivity (Wildman–Crippen MR) is 77.4 cm³/mol. The van der Waals surface area contributed by atoms with Crippen LogP contribution >= 0.6 is 54.8 Å². The van der Waals surface area contributed by atoms with Gasteiger partial charge in [0.25, 0.3) is 5.91 Å². The number of carbonyl (C=O) groups is 1. The van der Waals surface area contributed by atoms with Crippen molar-refractivity contribution in [2.24, 2.45) is 0 Å². The number of thiophene rings is 1. The maximum atomic E-state index is 12.0. The summed E-state index contributed by atoms with van der Waals surface area (Å²) >= 11 is 14.1. The lowest BCUT2D eigenvalue weighted by atomic mass is 10.0. The molecule has 1 rings (SSSR count). The van der Waals surface area contributed by atoms with E-state index in [1.165, 1.54) is 11.3 Å². The quantitative estimate of drug-likeness (QED) is 0.756. The number of halogens is 3. The van der Waals surface area contributed by atoms with Crippen LogP contribution in [0.4, 0.5) is 0 Å². The second-order valence-corrected chi connectivity index (χ2v) is 5.90. The molecule has 0 aliphatic heterocycles. The number of alkyl halides is 2. The number of carbonyl (C=O) groups excluding carboxylic acids is 1. The SMILES string of the molecule is CCC(CBr)(CBr)NC(=O)c1sccc1Cl. The zero-order valence-electron chi connectivity index (χ0n) is 8.73. The molecule has 90 valence electrons. The van der Waals surface area contributed by atoms with Crippen molar-refractivity contribution < 1.29 is 4.79 Å². The summed E-state index contributed by atoms with van der Waals surface area (Å²) in [5.41, 5.74) is -0.260. The first kappa shape index (κ1) is 14.5. The molecule has 0 aliphatic rings. The van der Waals surface area contributed by atoms with E-state index < -0.39 is 0 Å². The summed E-state index contributed by atoms with van der Waals surface area (Å²) < 4.78 is 0. The van der Waals surface area contributed by atoms with Crippen molar-refractivity contribution in [3.8, 4) is 0 Å². The monoisotopic (exact) mass is 387 g/mol. The van der Waals surface area contributed by atoms with Crippen LogP contribution in [-0.4, -0.2) is 22.1 Å². The number of hydrogen-bond donors (Lipinski definition) is 1. The Morgan fingerprint density at radius 1 is 1.56 bits per heavy atom. The molecule has 1 amide bonds. The molecule has 1 N–H and O–H groups in total. The van der Waals surface area contributed by atoms with Gasteiger partial charge >= 0.3 is 0 Å². The van der Waals surface area contributed by atoms with Crippen molar-refractivity contribution >= 4 is 60.7 Å². The van der Waals surface area contributed by atoms with Crippen molar-refractivity contribution in [1.29, 1.82) is 0 Å². The molecule has 0 fully saturated rings. The third-order valence-corrected chi connectivity index (χ3v) is 5.88. The summed E-state index contributed by atoms with van der Waals surface area (Å²) in [5.74, 6) is -0.110. The van der Waals surface area contributed by atoms with Crippen LogP contribution in [0.1, 0.15) is 23.0 Å². The van der Waals surface area contributed by atoms with E-state index in [9.17, 15) is 4.79 Å². The summed E-state index contributed by atoms with van der Waals surface area (Å²) in [4.78, 5) is 12.6. The van der Waals surface area contributed by atoms with Crippen LogP contribution in [0.15, 0.2) is 11.4 Å². The second kappa shape index (κ2) is 6.38. The Hall–Kier alpha value is 0.420. The van der Waals surface area contributed by atoms with Crippen molar-refractivity contribution in [2.45, 2.75) is 18.9 Å². The van der Waals surface area contributed by atoms with Crippen LogP contribution in [0.2, 0.25) is 5.02 Å². The average Bonchev–Trinajstić information content (AvgIpc) is 2.72. The lowest BCUT2D eigenvalue weighted by Gasteiger charge is -2.29. The lowest BCUT2D eigenvalue weighted by Crippen LogP contribution is -2.51. The molecule has 0 saturated heterocycles. The van der Waals surface area contributed by atoms with Crippen molar-refractivity contribution in [3.63, 3.8) is 0 Å². The maximum Gasteiger partial charge on any atom is 0.263 e. The van der Waals surface area contributed by atoms with E-state index in [0.717, 1.165) is 6.42 Å². The molecule has 0 radical (unpaired) electrons. The highest BCUT2D eigenvalue weighted by atomic mass is 79.9. The maximum absolute atomic E-state index is 12.0. The van der Waals surface area contributed by atoms with Gasteiger partial charge in [0, 0.05) is 10.7 Å². The third kappa shape index (κ3) is 3.22. The molecule has 0 saturated carbocycles. The fourth-order valence-electron chi connectivity index (χ4n) is 1.13. The van der Waals surface area contributed by atoms with Crippen LogP contribution in [0.3, 0.4) is 0 Å². The summed E-state index contributed by atoms with van der Waals surface area (Å²) in [6.07, 6.45) is 0.845. The van der Waals surface area contributed by atoms with Gasteiger partial charge in [0.15, 0.2) is 0 Å². The molecule has 0 unspecified atom stereocenters. The lowest BCUT2D eigenvalue weighted by molar-refractivity contribution is 0.0920. The summed E-state index contributed by atoms with van der Waals surface area (Å²) in [6, 6.07) is 1.73. The number of amides is 1. The smallest absolute Gasteiger partial charge is 0.263 e. The molecule has 0 aliphatic carbocycles. The van der Waals surface area contributed by atoms with E-state index >= 15 is 0 Å². The molecule has 1 aromatic heterocycles. The zero-order chi connectivity index (χ0) is 12.2. The van der Waals surface area contributed by atoms with Gasteiger partial charge in [0.05, 0.1) is 10.6 Å². The van der Waals surface area contributed by atoms with E-state index in [2.05, 4.69) is 37.2 Å². The molecule has 6 heteroatoms. The van der Waals surface area contributed by atoms with E-state index in [4.69, 9.17) is 11.6 Å². The van der Waals surface area contributed by atoms with Gasteiger partial charge in [-0.05, 0) is 17.9 Å². The van der Waals surface area contributed by atoms with E-state index in [1.54, 1.807) is 6.07 Å². The molecule has 0 spiro atoms. The Kier molecular flexibility index (Phi) is 5.77. The Balaban J connectivity index is 2.81. The predicted octanol–water partition coefficient (Wildman–Crippen LogP) is 4.07. The molecule has 2 nitrogen and oxygen atoms in total. The second-order valence-electron chi connectivity index (χ2n) is 3.45. The van der Waals surface area contributed by atoms with Crippen molar-refractivity contribution in [1.82, 2.24) is 5.32 Å². The fraction of sp³-hybridized carbons (Fsp3) is 0.500. The average molecular weight is 390 g/mol. The highest BCUT2D eigenvalue weighted by molar-refractivity contribution is 9.09. The zero-order valence-corrected chi connectivity index (χ0v) is 13.5. The summed E-state index contributed by atoms with van der Waals surface area (Å²) in [5, 5.41) is 6.75. The van der Waals surface area contributed by atoms with Crippen LogP contribution in [0, 0.1) is 0 Å². The molecule has 16 heavy (non-hydrogen) atoms. The van der Waals surface area contributed by atoms with Gasteiger partial charge in [-0.25, -0.2) is 0 Å². The van der Waals surface area contributed by atoms with Gasteiger partial charge in [-0.15, -0.1) is 11.3 Å². The van der Waals surface area contributed by atoms with E-state index in [-0.39, 0.29) is 11.4 Å². The van der Waals surface area contributed by atoms with Gasteiger partial charge in [0.1, 0.15) is 4.88 Å². The van der Waals surface area contributed by atoms with Gasteiger partial charge in [-0.2, -0.15) is 0 Å². The van der Waals surface area contributed by atoms with Crippen LogP contribution in [-0.2, 0) is 0 Å². The first-order valence-corrected chi connectivity index (χ1v) is 8.26. The topological polar surface area (TPSA) is 29.1 Å². The normalized spacial score (nSPS) is 11.5.